The van der Waals surface area contributed by atoms with E-state index < -0.39 is 36.1 Å². The Morgan fingerprint density at radius 3 is 2.51 bits per heavy atom. The van der Waals surface area contributed by atoms with Crippen LogP contribution in [0.3, 0.4) is 0 Å². The van der Waals surface area contributed by atoms with Gasteiger partial charge in [0.25, 0.3) is 0 Å². The highest BCUT2D eigenvalue weighted by Gasteiger charge is 2.44. The number of nitrogen functional groups attached to an aromatic ring is 1. The van der Waals surface area contributed by atoms with Gasteiger partial charge in [-0.2, -0.15) is 18.2 Å². The molecule has 0 saturated carbocycles. The van der Waals surface area contributed by atoms with Crippen molar-refractivity contribution in [2.75, 3.05) is 41.8 Å². The molecule has 2 saturated heterocycles. The van der Waals surface area contributed by atoms with E-state index in [1.165, 1.54) is 11.0 Å². The summed E-state index contributed by atoms with van der Waals surface area (Å²) in [5.74, 6) is -0.239. The number of benzene rings is 1. The number of amides is 1. The van der Waals surface area contributed by atoms with Crippen LogP contribution in [0.5, 0.6) is 0 Å². The molecule has 2 aliphatic rings. The van der Waals surface area contributed by atoms with Gasteiger partial charge in [-0.05, 0) is 12.0 Å². The van der Waals surface area contributed by atoms with Crippen LogP contribution in [0.4, 0.5) is 35.7 Å². The van der Waals surface area contributed by atoms with E-state index in [0.717, 1.165) is 11.8 Å². The van der Waals surface area contributed by atoms with Gasteiger partial charge in [-0.25, -0.2) is 19.7 Å². The van der Waals surface area contributed by atoms with Crippen molar-refractivity contribution in [1.29, 1.82) is 0 Å². The molecule has 37 heavy (non-hydrogen) atoms. The van der Waals surface area contributed by atoms with Gasteiger partial charge in [-0.1, -0.05) is 37.3 Å². The van der Waals surface area contributed by atoms with E-state index >= 15 is 0 Å². The van der Waals surface area contributed by atoms with Crippen LogP contribution in [0.15, 0.2) is 42.6 Å². The van der Waals surface area contributed by atoms with E-state index in [-0.39, 0.29) is 23.0 Å². The largest absolute Gasteiger partial charge is 0.439 e. The predicted octanol–water partition coefficient (Wildman–Crippen LogP) is 3.85. The van der Waals surface area contributed by atoms with E-state index in [0.29, 0.717) is 32.7 Å². The van der Waals surface area contributed by atoms with Crippen LogP contribution in [0.1, 0.15) is 30.7 Å². The van der Waals surface area contributed by atoms with E-state index in [4.69, 9.17) is 15.2 Å². The van der Waals surface area contributed by atoms with E-state index in [1.54, 1.807) is 4.90 Å². The lowest BCUT2D eigenvalue weighted by atomic mass is 10.00. The summed E-state index contributed by atoms with van der Waals surface area (Å²) in [5, 5.41) is 0. The number of carbonyl (C=O) groups excluding carboxylic acids is 1. The van der Waals surface area contributed by atoms with Crippen LogP contribution in [-0.2, 0) is 15.7 Å². The lowest BCUT2D eigenvalue weighted by Crippen LogP contribution is -2.39. The number of alkyl halides is 3. The number of nitrogens with zero attached hydrogens (tertiary/aromatic N) is 6. The van der Waals surface area contributed by atoms with Crippen LogP contribution in [0.25, 0.3) is 11.3 Å². The van der Waals surface area contributed by atoms with Gasteiger partial charge in [-0.15, -0.1) is 0 Å². The highest BCUT2D eigenvalue weighted by atomic mass is 19.4. The first-order valence-electron chi connectivity index (χ1n) is 11.7. The molecule has 1 amide bonds. The van der Waals surface area contributed by atoms with Crippen LogP contribution in [0.2, 0.25) is 0 Å². The fourth-order valence-corrected chi connectivity index (χ4v) is 4.49. The summed E-state index contributed by atoms with van der Waals surface area (Å²) < 4.78 is 52.8. The van der Waals surface area contributed by atoms with Gasteiger partial charge in [0.1, 0.15) is 11.9 Å². The van der Waals surface area contributed by atoms with E-state index in [1.807, 2.05) is 37.3 Å². The second kappa shape index (κ2) is 9.81. The molecule has 2 N–H and O–H groups in total. The number of carbonyl (C=O) groups is 1. The zero-order chi connectivity index (χ0) is 26.2. The third kappa shape index (κ3) is 4.86. The summed E-state index contributed by atoms with van der Waals surface area (Å²) in [6, 6.07) is 10.1. The molecule has 13 heteroatoms. The highest BCUT2D eigenvalue weighted by molar-refractivity contribution is 5.90. The molecular weight excluding hydrogens is 491 g/mol. The topological polar surface area (TPSA) is 120 Å². The number of ether oxygens (including phenoxy) is 2. The van der Waals surface area contributed by atoms with Crippen molar-refractivity contribution in [2.24, 2.45) is 0 Å². The molecule has 2 fully saturated rings. The molecule has 3 aromatic rings. The second-order valence-corrected chi connectivity index (χ2v) is 8.56. The quantitative estimate of drug-likeness (QED) is 0.540. The standard InChI is InChI=1S/C24H24F3N7O3/c1-2-17-19(14-6-4-3-5-7-14)37-23(35)34(17)18-12-16(30-22(31-18)33-8-10-36-11-9-33)15-13-29-21(28)32-20(15)24(25,26)27/h3-7,12-13,17,19H,2,8-11H2,1H3,(H2,28,29,32)/t17-,19-/m0/s1. The van der Waals surface area contributed by atoms with Gasteiger partial charge in [0.15, 0.2) is 5.69 Å². The fraction of sp³-hybridized carbons (Fsp3) is 0.375. The number of aromatic nitrogens is 4. The monoisotopic (exact) mass is 515 g/mol. The molecule has 0 radical (unpaired) electrons. The van der Waals surface area contributed by atoms with Crippen molar-refractivity contribution >= 4 is 23.8 Å². The molecule has 0 bridgehead atoms. The molecular formula is C24H24F3N7O3. The lowest BCUT2D eigenvalue weighted by molar-refractivity contribution is -0.140. The van der Waals surface area contributed by atoms with E-state index in [9.17, 15) is 18.0 Å². The van der Waals surface area contributed by atoms with Gasteiger partial charge < -0.3 is 20.1 Å². The Kier molecular flexibility index (Phi) is 6.54. The molecule has 1 aromatic carbocycles. The zero-order valence-electron chi connectivity index (χ0n) is 19.9. The highest BCUT2D eigenvalue weighted by Crippen LogP contribution is 2.40. The average Bonchev–Trinajstić information content (AvgIpc) is 3.25. The number of morpholine rings is 1. The van der Waals surface area contributed by atoms with Crippen LogP contribution >= 0.6 is 0 Å². The Morgan fingerprint density at radius 1 is 1.11 bits per heavy atom. The number of hydrogen-bond donors (Lipinski definition) is 1. The third-order valence-corrected chi connectivity index (χ3v) is 6.25. The summed E-state index contributed by atoms with van der Waals surface area (Å²) in [4.78, 5) is 32.5. The molecule has 2 aromatic heterocycles. The Bertz CT molecular complexity index is 1290. The molecule has 5 rings (SSSR count). The number of hydrogen-bond acceptors (Lipinski definition) is 9. The van der Waals surface area contributed by atoms with Crippen molar-refractivity contribution in [3.63, 3.8) is 0 Å². The summed E-state index contributed by atoms with van der Waals surface area (Å²) in [6.07, 6.45) is -4.55. The Hall–Kier alpha value is -4.00. The lowest BCUT2D eigenvalue weighted by Gasteiger charge is -2.29. The molecule has 4 heterocycles. The van der Waals surface area contributed by atoms with Gasteiger partial charge in [0.2, 0.25) is 11.9 Å². The van der Waals surface area contributed by atoms with Gasteiger partial charge in [-0.3, -0.25) is 4.90 Å². The SMILES string of the molecule is CC[C@H]1[C@H](c2ccccc2)OC(=O)N1c1cc(-c2cnc(N)nc2C(F)(F)F)nc(N2CCOCC2)n1. The molecule has 2 aliphatic heterocycles. The van der Waals surface area contributed by atoms with Crippen molar-refractivity contribution in [2.45, 2.75) is 31.7 Å². The summed E-state index contributed by atoms with van der Waals surface area (Å²) in [5.41, 5.74) is 4.57. The van der Waals surface area contributed by atoms with Crippen LogP contribution in [0, 0.1) is 0 Å². The Morgan fingerprint density at radius 2 is 1.84 bits per heavy atom. The first-order valence-corrected chi connectivity index (χ1v) is 11.7. The molecule has 2 atom stereocenters. The van der Waals surface area contributed by atoms with Gasteiger partial charge >= 0.3 is 12.3 Å². The number of nitrogens with two attached hydrogens (primary N) is 1. The van der Waals surface area contributed by atoms with E-state index in [2.05, 4.69) is 19.9 Å². The second-order valence-electron chi connectivity index (χ2n) is 8.56. The minimum Gasteiger partial charge on any atom is -0.439 e. The maximum absolute atomic E-state index is 13.9. The maximum atomic E-state index is 13.9. The van der Waals surface area contributed by atoms with Crippen molar-refractivity contribution in [1.82, 2.24) is 19.9 Å². The molecule has 0 aliphatic carbocycles. The van der Waals surface area contributed by atoms with Crippen LogP contribution < -0.4 is 15.5 Å². The Balaban J connectivity index is 1.64. The zero-order valence-corrected chi connectivity index (χ0v) is 19.9. The summed E-state index contributed by atoms with van der Waals surface area (Å²) >= 11 is 0. The van der Waals surface area contributed by atoms with Gasteiger partial charge in [0, 0.05) is 30.9 Å². The molecule has 10 nitrogen and oxygen atoms in total. The number of halogens is 3. The van der Waals surface area contributed by atoms with Crippen LogP contribution in [-0.4, -0.2) is 58.4 Å². The molecule has 0 unspecified atom stereocenters. The number of cyclic esters (lactones) is 1. The maximum Gasteiger partial charge on any atom is 0.434 e. The normalized spacial score (nSPS) is 20.3. The van der Waals surface area contributed by atoms with Crippen molar-refractivity contribution in [3.8, 4) is 11.3 Å². The first kappa shape index (κ1) is 24.7. The van der Waals surface area contributed by atoms with Crippen molar-refractivity contribution in [3.05, 3.63) is 53.9 Å². The third-order valence-electron chi connectivity index (χ3n) is 6.25. The fourth-order valence-electron chi connectivity index (χ4n) is 4.49. The molecule has 194 valence electrons. The summed E-state index contributed by atoms with van der Waals surface area (Å²) in [7, 11) is 0. The minimum absolute atomic E-state index is 0.0929. The Labute approximate surface area is 210 Å². The minimum atomic E-state index is -4.81. The smallest absolute Gasteiger partial charge is 0.434 e. The number of anilines is 3. The molecule has 0 spiro atoms. The number of rotatable bonds is 5. The summed E-state index contributed by atoms with van der Waals surface area (Å²) in [6.45, 7) is 3.57. The van der Waals surface area contributed by atoms with Crippen molar-refractivity contribution < 1.29 is 27.4 Å². The first-order chi connectivity index (χ1) is 17.8. The average molecular weight is 515 g/mol. The predicted molar refractivity (Wildman–Crippen MR) is 128 cm³/mol. The van der Waals surface area contributed by atoms with Gasteiger partial charge in [0.05, 0.1) is 24.9 Å².